The van der Waals surface area contributed by atoms with Crippen molar-refractivity contribution >= 4 is 9.84 Å². The summed E-state index contributed by atoms with van der Waals surface area (Å²) in [5, 5.41) is 0. The lowest BCUT2D eigenvalue weighted by Crippen LogP contribution is -2.50. The van der Waals surface area contributed by atoms with Gasteiger partial charge in [-0.2, -0.15) is 0 Å². The van der Waals surface area contributed by atoms with Gasteiger partial charge in [-0.1, -0.05) is 0 Å². The molecule has 0 spiro atoms. The summed E-state index contributed by atoms with van der Waals surface area (Å²) in [6.07, 6.45) is 3.48. The SMILES string of the molecule is CC1CS(=O)(=O)CCN1C(CN)c1ccncc1. The van der Waals surface area contributed by atoms with Gasteiger partial charge in [-0.3, -0.25) is 9.88 Å². The van der Waals surface area contributed by atoms with Crippen LogP contribution in [0.25, 0.3) is 0 Å². The molecule has 0 aromatic carbocycles. The highest BCUT2D eigenvalue weighted by Gasteiger charge is 2.32. The van der Waals surface area contributed by atoms with E-state index in [1.54, 1.807) is 12.4 Å². The first-order chi connectivity index (χ1) is 8.53. The lowest BCUT2D eigenvalue weighted by Gasteiger charge is -2.39. The molecule has 2 rings (SSSR count). The van der Waals surface area contributed by atoms with E-state index in [0.29, 0.717) is 13.1 Å². The molecular weight excluding hydrogens is 250 g/mol. The average molecular weight is 269 g/mol. The van der Waals surface area contributed by atoms with Crippen molar-refractivity contribution in [1.82, 2.24) is 9.88 Å². The Balaban J connectivity index is 2.19. The molecule has 2 unspecified atom stereocenters. The Morgan fingerprint density at radius 1 is 1.50 bits per heavy atom. The Morgan fingerprint density at radius 2 is 2.17 bits per heavy atom. The molecule has 1 saturated heterocycles. The van der Waals surface area contributed by atoms with Gasteiger partial charge in [0.2, 0.25) is 0 Å². The minimum atomic E-state index is -2.88. The molecule has 1 fully saturated rings. The molecular formula is C12H19N3O2S. The van der Waals surface area contributed by atoms with Crippen molar-refractivity contribution in [3.63, 3.8) is 0 Å². The van der Waals surface area contributed by atoms with Crippen LogP contribution in [0.1, 0.15) is 18.5 Å². The Kier molecular flexibility index (Phi) is 3.99. The predicted molar refractivity (Wildman–Crippen MR) is 70.9 cm³/mol. The number of sulfone groups is 1. The summed E-state index contributed by atoms with van der Waals surface area (Å²) in [4.78, 5) is 6.17. The van der Waals surface area contributed by atoms with Crippen LogP contribution >= 0.6 is 0 Å². The number of rotatable bonds is 3. The molecule has 1 aromatic rings. The van der Waals surface area contributed by atoms with Gasteiger partial charge in [0.05, 0.1) is 11.5 Å². The van der Waals surface area contributed by atoms with Crippen molar-refractivity contribution < 1.29 is 8.42 Å². The van der Waals surface area contributed by atoms with Crippen LogP contribution in [-0.4, -0.2) is 48.9 Å². The first kappa shape index (κ1) is 13.5. The van der Waals surface area contributed by atoms with Crippen LogP contribution in [-0.2, 0) is 9.84 Å². The first-order valence-corrected chi connectivity index (χ1v) is 7.92. The highest BCUT2D eigenvalue weighted by atomic mass is 32.2. The molecule has 2 atom stereocenters. The molecule has 1 aromatic heterocycles. The van der Waals surface area contributed by atoms with Gasteiger partial charge in [-0.05, 0) is 24.6 Å². The van der Waals surface area contributed by atoms with Gasteiger partial charge < -0.3 is 5.73 Å². The number of hydrogen-bond acceptors (Lipinski definition) is 5. The third-order valence-electron chi connectivity index (χ3n) is 3.44. The molecule has 0 saturated carbocycles. The third-order valence-corrected chi connectivity index (χ3v) is 5.23. The van der Waals surface area contributed by atoms with Crippen molar-refractivity contribution in [2.24, 2.45) is 5.73 Å². The van der Waals surface area contributed by atoms with Gasteiger partial charge in [0.1, 0.15) is 0 Å². The zero-order valence-electron chi connectivity index (χ0n) is 10.5. The molecule has 1 aliphatic heterocycles. The lowest BCUT2D eigenvalue weighted by molar-refractivity contribution is 0.162. The molecule has 100 valence electrons. The molecule has 1 aliphatic rings. The number of nitrogens with two attached hydrogens (primary N) is 1. The van der Waals surface area contributed by atoms with Gasteiger partial charge in [-0.25, -0.2) is 8.42 Å². The van der Waals surface area contributed by atoms with E-state index >= 15 is 0 Å². The quantitative estimate of drug-likeness (QED) is 0.848. The normalized spacial score (nSPS) is 25.8. The minimum absolute atomic E-state index is 0.00506. The van der Waals surface area contributed by atoms with Crippen LogP contribution in [0.15, 0.2) is 24.5 Å². The fourth-order valence-corrected chi connectivity index (χ4v) is 4.11. The second-order valence-electron chi connectivity index (χ2n) is 4.73. The smallest absolute Gasteiger partial charge is 0.153 e. The second kappa shape index (κ2) is 5.34. The summed E-state index contributed by atoms with van der Waals surface area (Å²) in [5.74, 6) is 0.438. The zero-order valence-corrected chi connectivity index (χ0v) is 11.3. The van der Waals surface area contributed by atoms with E-state index in [9.17, 15) is 8.42 Å². The van der Waals surface area contributed by atoms with E-state index < -0.39 is 9.84 Å². The molecule has 0 radical (unpaired) electrons. The van der Waals surface area contributed by atoms with Crippen molar-refractivity contribution in [2.75, 3.05) is 24.6 Å². The number of aromatic nitrogens is 1. The van der Waals surface area contributed by atoms with E-state index in [0.717, 1.165) is 5.56 Å². The Labute approximate surface area is 108 Å². The van der Waals surface area contributed by atoms with Gasteiger partial charge in [-0.15, -0.1) is 0 Å². The summed E-state index contributed by atoms with van der Waals surface area (Å²) >= 11 is 0. The van der Waals surface area contributed by atoms with Gasteiger partial charge in [0.25, 0.3) is 0 Å². The van der Waals surface area contributed by atoms with Crippen molar-refractivity contribution in [3.05, 3.63) is 30.1 Å². The summed E-state index contributed by atoms with van der Waals surface area (Å²) in [6, 6.07) is 3.95. The maximum atomic E-state index is 11.6. The molecule has 5 nitrogen and oxygen atoms in total. The van der Waals surface area contributed by atoms with Crippen molar-refractivity contribution in [2.45, 2.75) is 19.0 Å². The maximum absolute atomic E-state index is 11.6. The zero-order chi connectivity index (χ0) is 13.2. The van der Waals surface area contributed by atoms with Crippen LogP contribution in [0.3, 0.4) is 0 Å². The Hall–Kier alpha value is -0.980. The number of nitrogens with zero attached hydrogens (tertiary/aromatic N) is 2. The van der Waals surface area contributed by atoms with E-state index in [2.05, 4.69) is 9.88 Å². The van der Waals surface area contributed by atoms with Crippen molar-refractivity contribution in [3.8, 4) is 0 Å². The molecule has 2 heterocycles. The first-order valence-electron chi connectivity index (χ1n) is 6.09. The second-order valence-corrected chi connectivity index (χ2v) is 6.96. The molecule has 0 amide bonds. The fraction of sp³-hybridized carbons (Fsp3) is 0.583. The van der Waals surface area contributed by atoms with E-state index in [-0.39, 0.29) is 23.6 Å². The summed E-state index contributed by atoms with van der Waals surface area (Å²) in [7, 11) is -2.88. The molecule has 2 N–H and O–H groups in total. The third kappa shape index (κ3) is 2.88. The van der Waals surface area contributed by atoms with E-state index in [1.165, 1.54) is 0 Å². The van der Waals surface area contributed by atoms with Crippen LogP contribution in [0, 0.1) is 0 Å². The van der Waals surface area contributed by atoms with Gasteiger partial charge in [0.15, 0.2) is 9.84 Å². The highest BCUT2D eigenvalue weighted by molar-refractivity contribution is 7.91. The molecule has 18 heavy (non-hydrogen) atoms. The largest absolute Gasteiger partial charge is 0.329 e. The van der Waals surface area contributed by atoms with Crippen LogP contribution in [0.5, 0.6) is 0 Å². The molecule has 0 aliphatic carbocycles. The molecule has 6 heteroatoms. The Bertz CT molecular complexity index is 489. The van der Waals surface area contributed by atoms with Crippen LogP contribution < -0.4 is 5.73 Å². The summed E-state index contributed by atoms with van der Waals surface area (Å²) in [6.45, 7) is 2.97. The summed E-state index contributed by atoms with van der Waals surface area (Å²) in [5.41, 5.74) is 6.95. The predicted octanol–water partition coefficient (Wildman–Crippen LogP) is 0.200. The number of hydrogen-bond donors (Lipinski definition) is 1. The van der Waals surface area contributed by atoms with Crippen LogP contribution in [0.2, 0.25) is 0 Å². The molecule has 0 bridgehead atoms. The topological polar surface area (TPSA) is 76.3 Å². The van der Waals surface area contributed by atoms with Crippen LogP contribution in [0.4, 0.5) is 0 Å². The van der Waals surface area contributed by atoms with E-state index in [1.807, 2.05) is 19.1 Å². The van der Waals surface area contributed by atoms with E-state index in [4.69, 9.17) is 5.73 Å². The lowest BCUT2D eigenvalue weighted by atomic mass is 10.1. The summed E-state index contributed by atoms with van der Waals surface area (Å²) < 4.78 is 23.2. The average Bonchev–Trinajstić information content (AvgIpc) is 2.33. The van der Waals surface area contributed by atoms with Crippen molar-refractivity contribution in [1.29, 1.82) is 0 Å². The van der Waals surface area contributed by atoms with Gasteiger partial charge >= 0.3 is 0 Å². The monoisotopic (exact) mass is 269 g/mol. The maximum Gasteiger partial charge on any atom is 0.153 e. The standard InChI is InChI=1S/C12H19N3O2S/c1-10-9-18(16,17)7-6-15(10)12(8-13)11-2-4-14-5-3-11/h2-5,10,12H,6-9,13H2,1H3. The highest BCUT2D eigenvalue weighted by Crippen LogP contribution is 2.24. The number of pyridine rings is 1. The van der Waals surface area contributed by atoms with Gasteiger partial charge in [0, 0.05) is 37.6 Å². The fourth-order valence-electron chi connectivity index (χ4n) is 2.52. The Morgan fingerprint density at radius 3 is 2.72 bits per heavy atom. The minimum Gasteiger partial charge on any atom is -0.329 e.